The molecule has 2 heteroatoms. The van der Waals surface area contributed by atoms with Gasteiger partial charge in [-0.15, -0.1) is 0 Å². The fraction of sp³-hybridized carbons (Fsp3) is 0.913. The van der Waals surface area contributed by atoms with Crippen LogP contribution in [0.15, 0.2) is 12.4 Å². The second kappa shape index (κ2) is 15.6. The molecular weight excluding hydrogens is 304 g/mol. The highest BCUT2D eigenvalue weighted by atomic mass is 15.4. The Kier molecular flexibility index (Phi) is 14.0. The molecule has 0 amide bonds. The Morgan fingerprint density at radius 2 is 0.880 bits per heavy atom. The van der Waals surface area contributed by atoms with Crippen LogP contribution < -0.4 is 0 Å². The molecule has 0 aromatic carbocycles. The van der Waals surface area contributed by atoms with Crippen molar-refractivity contribution in [1.29, 1.82) is 0 Å². The monoisotopic (exact) mass is 350 g/mol. The lowest BCUT2D eigenvalue weighted by atomic mass is 10.1. The smallest absolute Gasteiger partial charge is 0.100 e. The van der Waals surface area contributed by atoms with Crippen LogP contribution in [0.25, 0.3) is 0 Å². The Labute approximate surface area is 159 Å². The van der Waals surface area contributed by atoms with Gasteiger partial charge in [-0.2, -0.15) is 0 Å². The van der Waals surface area contributed by atoms with Crippen LogP contribution in [-0.4, -0.2) is 29.1 Å². The van der Waals surface area contributed by atoms with Gasteiger partial charge in [0.2, 0.25) is 0 Å². The summed E-state index contributed by atoms with van der Waals surface area (Å²) in [5.74, 6) is 0. The number of rotatable bonds is 17. The Balaban J connectivity index is 2.07. The summed E-state index contributed by atoms with van der Waals surface area (Å²) >= 11 is 0. The highest BCUT2D eigenvalue weighted by molar-refractivity contribution is 4.96. The van der Waals surface area contributed by atoms with Gasteiger partial charge in [0.25, 0.3) is 0 Å². The minimum atomic E-state index is 0.625. The van der Waals surface area contributed by atoms with Crippen molar-refractivity contribution in [1.82, 2.24) is 9.80 Å². The minimum Gasteiger partial charge on any atom is -0.356 e. The molecule has 0 aromatic heterocycles. The van der Waals surface area contributed by atoms with Crippen molar-refractivity contribution in [2.45, 2.75) is 123 Å². The standard InChI is InChI=1S/C23H46N2/c1-4-7-9-11-13-15-17-19-24-21-22-25(23(24)6-3)20-18-16-14-12-10-8-5-2/h21-23H,4-20H2,1-3H3. The van der Waals surface area contributed by atoms with E-state index in [1.54, 1.807) is 0 Å². The summed E-state index contributed by atoms with van der Waals surface area (Å²) in [6.45, 7) is 9.42. The van der Waals surface area contributed by atoms with Gasteiger partial charge in [-0.3, -0.25) is 0 Å². The molecule has 1 aliphatic rings. The zero-order valence-electron chi connectivity index (χ0n) is 17.6. The van der Waals surface area contributed by atoms with Gasteiger partial charge < -0.3 is 9.80 Å². The van der Waals surface area contributed by atoms with Crippen molar-refractivity contribution in [3.63, 3.8) is 0 Å². The van der Waals surface area contributed by atoms with Crippen LogP contribution in [0.3, 0.4) is 0 Å². The number of nitrogens with zero attached hydrogens (tertiary/aromatic N) is 2. The maximum atomic E-state index is 2.59. The first-order valence-corrected chi connectivity index (χ1v) is 11.5. The third-order valence-electron chi connectivity index (χ3n) is 5.62. The molecule has 148 valence electrons. The molecule has 0 atom stereocenters. The summed E-state index contributed by atoms with van der Waals surface area (Å²) in [4.78, 5) is 5.18. The quantitative estimate of drug-likeness (QED) is 0.254. The summed E-state index contributed by atoms with van der Waals surface area (Å²) in [5, 5.41) is 0. The summed E-state index contributed by atoms with van der Waals surface area (Å²) in [7, 11) is 0. The van der Waals surface area contributed by atoms with Crippen molar-refractivity contribution in [2.24, 2.45) is 0 Å². The second-order valence-electron chi connectivity index (χ2n) is 7.91. The predicted octanol–water partition coefficient (Wildman–Crippen LogP) is 7.31. The van der Waals surface area contributed by atoms with Gasteiger partial charge in [0.05, 0.1) is 0 Å². The van der Waals surface area contributed by atoms with Crippen LogP contribution in [0.5, 0.6) is 0 Å². The number of hydrogen-bond donors (Lipinski definition) is 0. The highest BCUT2D eigenvalue weighted by Gasteiger charge is 2.23. The molecular formula is C23H46N2. The summed E-state index contributed by atoms with van der Waals surface area (Å²) < 4.78 is 0. The van der Waals surface area contributed by atoms with Crippen molar-refractivity contribution >= 4 is 0 Å². The summed E-state index contributed by atoms with van der Waals surface area (Å²) in [5.41, 5.74) is 0. The molecule has 0 fully saturated rings. The van der Waals surface area contributed by atoms with E-state index in [1.807, 2.05) is 0 Å². The lowest BCUT2D eigenvalue weighted by Crippen LogP contribution is -2.38. The summed E-state index contributed by atoms with van der Waals surface area (Å²) in [6, 6.07) is 0. The maximum Gasteiger partial charge on any atom is 0.100 e. The average molecular weight is 351 g/mol. The van der Waals surface area contributed by atoms with E-state index in [2.05, 4.69) is 43.0 Å². The van der Waals surface area contributed by atoms with Crippen molar-refractivity contribution in [3.8, 4) is 0 Å². The average Bonchev–Trinajstić information content (AvgIpc) is 3.02. The first-order chi connectivity index (χ1) is 12.3. The van der Waals surface area contributed by atoms with Crippen molar-refractivity contribution in [2.75, 3.05) is 13.1 Å². The topological polar surface area (TPSA) is 6.48 Å². The van der Waals surface area contributed by atoms with E-state index in [1.165, 1.54) is 109 Å². The first kappa shape index (κ1) is 22.4. The van der Waals surface area contributed by atoms with E-state index in [-0.39, 0.29) is 0 Å². The van der Waals surface area contributed by atoms with E-state index in [0.717, 1.165) is 0 Å². The van der Waals surface area contributed by atoms with E-state index in [4.69, 9.17) is 0 Å². The lowest BCUT2D eigenvalue weighted by Gasteiger charge is -2.32. The summed E-state index contributed by atoms with van der Waals surface area (Å²) in [6.07, 6.45) is 26.2. The molecule has 0 N–H and O–H groups in total. The third kappa shape index (κ3) is 10.2. The molecule has 1 aliphatic heterocycles. The molecule has 0 spiro atoms. The molecule has 0 saturated heterocycles. The van der Waals surface area contributed by atoms with Gasteiger partial charge in [0.1, 0.15) is 6.17 Å². The Bertz CT molecular complexity index is 285. The van der Waals surface area contributed by atoms with E-state index < -0.39 is 0 Å². The van der Waals surface area contributed by atoms with Crippen molar-refractivity contribution < 1.29 is 0 Å². The highest BCUT2D eigenvalue weighted by Crippen LogP contribution is 2.21. The van der Waals surface area contributed by atoms with Crippen LogP contribution >= 0.6 is 0 Å². The fourth-order valence-electron chi connectivity index (χ4n) is 3.98. The molecule has 0 bridgehead atoms. The minimum absolute atomic E-state index is 0.625. The zero-order valence-corrected chi connectivity index (χ0v) is 17.6. The van der Waals surface area contributed by atoms with Gasteiger partial charge in [-0.25, -0.2) is 0 Å². The maximum absolute atomic E-state index is 2.59. The fourth-order valence-corrected chi connectivity index (χ4v) is 3.98. The lowest BCUT2D eigenvalue weighted by molar-refractivity contribution is 0.144. The van der Waals surface area contributed by atoms with Crippen LogP contribution in [0.1, 0.15) is 117 Å². The SMILES string of the molecule is CCCCCCCCCN1C=CN(CCCCCCCCC)C1CC. The van der Waals surface area contributed by atoms with Gasteiger partial charge >= 0.3 is 0 Å². The molecule has 0 saturated carbocycles. The van der Waals surface area contributed by atoms with Crippen molar-refractivity contribution in [3.05, 3.63) is 12.4 Å². The van der Waals surface area contributed by atoms with Gasteiger partial charge in [-0.1, -0.05) is 97.8 Å². The third-order valence-corrected chi connectivity index (χ3v) is 5.62. The molecule has 1 rings (SSSR count). The van der Waals surface area contributed by atoms with Crippen LogP contribution in [-0.2, 0) is 0 Å². The van der Waals surface area contributed by atoms with Gasteiger partial charge in [-0.05, 0) is 19.3 Å². The van der Waals surface area contributed by atoms with Gasteiger partial charge in [0, 0.05) is 25.5 Å². The Hall–Kier alpha value is -0.660. The molecule has 1 heterocycles. The number of hydrogen-bond acceptors (Lipinski definition) is 2. The van der Waals surface area contributed by atoms with Crippen LogP contribution in [0.4, 0.5) is 0 Å². The first-order valence-electron chi connectivity index (χ1n) is 11.5. The van der Waals surface area contributed by atoms with E-state index in [0.29, 0.717) is 6.17 Å². The number of unbranched alkanes of at least 4 members (excludes halogenated alkanes) is 12. The Morgan fingerprint density at radius 3 is 1.24 bits per heavy atom. The van der Waals surface area contributed by atoms with Crippen LogP contribution in [0, 0.1) is 0 Å². The molecule has 2 nitrogen and oxygen atoms in total. The van der Waals surface area contributed by atoms with E-state index in [9.17, 15) is 0 Å². The normalized spacial score (nSPS) is 14.8. The molecule has 0 aliphatic carbocycles. The second-order valence-corrected chi connectivity index (χ2v) is 7.91. The molecule has 25 heavy (non-hydrogen) atoms. The Morgan fingerprint density at radius 1 is 0.520 bits per heavy atom. The molecule has 0 radical (unpaired) electrons. The van der Waals surface area contributed by atoms with E-state index >= 15 is 0 Å². The van der Waals surface area contributed by atoms with Gasteiger partial charge in [0.15, 0.2) is 0 Å². The molecule has 0 aromatic rings. The molecule has 0 unspecified atom stereocenters. The predicted molar refractivity (Wildman–Crippen MR) is 113 cm³/mol. The largest absolute Gasteiger partial charge is 0.356 e. The zero-order chi connectivity index (χ0) is 18.2. The van der Waals surface area contributed by atoms with Crippen LogP contribution in [0.2, 0.25) is 0 Å².